The van der Waals surface area contributed by atoms with Crippen molar-refractivity contribution in [2.45, 2.75) is 29.5 Å². The molecule has 1 N–H and O–H groups in total. The minimum atomic E-state index is -3.44. The summed E-state index contributed by atoms with van der Waals surface area (Å²) in [4.78, 5) is 0. The lowest BCUT2D eigenvalue weighted by Gasteiger charge is -2.18. The summed E-state index contributed by atoms with van der Waals surface area (Å²) in [7, 11) is -3.44. The van der Waals surface area contributed by atoms with Crippen LogP contribution in [-0.2, 0) is 10.0 Å². The van der Waals surface area contributed by atoms with E-state index in [1.165, 1.54) is 6.07 Å². The van der Waals surface area contributed by atoms with E-state index < -0.39 is 10.0 Å². The summed E-state index contributed by atoms with van der Waals surface area (Å²) in [5.41, 5.74) is 0. The molecule has 17 heavy (non-hydrogen) atoms. The Morgan fingerprint density at radius 2 is 2.18 bits per heavy atom. The fraction of sp³-hybridized carbons (Fsp3) is 0.600. The summed E-state index contributed by atoms with van der Waals surface area (Å²) in [6, 6.07) is 3.08. The van der Waals surface area contributed by atoms with Crippen molar-refractivity contribution in [3.63, 3.8) is 0 Å². The standard InChI is InChI=1S/C10H13Cl2NO2S2/c11-6-7-2-1-3-8(7)13-17(14,15)10-5-4-9(12)16-10/h4-5,7-8,13H,1-3,6H2. The van der Waals surface area contributed by atoms with Gasteiger partial charge in [0.15, 0.2) is 0 Å². The molecule has 96 valence electrons. The summed E-state index contributed by atoms with van der Waals surface area (Å²) in [6.45, 7) is 0. The summed E-state index contributed by atoms with van der Waals surface area (Å²) in [5, 5.41) is 0. The monoisotopic (exact) mass is 313 g/mol. The van der Waals surface area contributed by atoms with Crippen molar-refractivity contribution in [3.8, 4) is 0 Å². The van der Waals surface area contributed by atoms with Crippen LogP contribution < -0.4 is 4.72 Å². The van der Waals surface area contributed by atoms with Gasteiger partial charge in [-0.3, -0.25) is 0 Å². The first-order chi connectivity index (χ1) is 8.03. The average molecular weight is 314 g/mol. The van der Waals surface area contributed by atoms with E-state index in [1.807, 2.05) is 0 Å². The quantitative estimate of drug-likeness (QED) is 0.868. The maximum atomic E-state index is 12.1. The Labute approximate surface area is 115 Å². The zero-order valence-corrected chi connectivity index (χ0v) is 12.2. The molecular formula is C10H13Cl2NO2S2. The molecule has 1 aromatic heterocycles. The molecule has 0 radical (unpaired) electrons. The van der Waals surface area contributed by atoms with Crippen LogP contribution in [0.5, 0.6) is 0 Å². The number of halogens is 2. The van der Waals surface area contributed by atoms with Gasteiger partial charge < -0.3 is 0 Å². The highest BCUT2D eigenvalue weighted by Crippen LogP contribution is 2.30. The lowest BCUT2D eigenvalue weighted by atomic mass is 10.1. The van der Waals surface area contributed by atoms with Crippen LogP contribution in [0.25, 0.3) is 0 Å². The van der Waals surface area contributed by atoms with E-state index in [4.69, 9.17) is 23.2 Å². The van der Waals surface area contributed by atoms with Crippen LogP contribution in [-0.4, -0.2) is 20.3 Å². The Balaban J connectivity index is 2.12. The summed E-state index contributed by atoms with van der Waals surface area (Å²) >= 11 is 12.6. The summed E-state index contributed by atoms with van der Waals surface area (Å²) in [5.74, 6) is 0.736. The zero-order chi connectivity index (χ0) is 12.5. The number of rotatable bonds is 4. The van der Waals surface area contributed by atoms with Crippen LogP contribution in [0.4, 0.5) is 0 Å². The third-order valence-electron chi connectivity index (χ3n) is 2.98. The molecule has 1 heterocycles. The Morgan fingerprint density at radius 1 is 1.41 bits per heavy atom. The van der Waals surface area contributed by atoms with Crippen molar-refractivity contribution < 1.29 is 8.42 Å². The van der Waals surface area contributed by atoms with E-state index in [0.29, 0.717) is 10.2 Å². The Kier molecular flexibility index (Phi) is 4.36. The molecule has 2 unspecified atom stereocenters. The number of thiophene rings is 1. The van der Waals surface area contributed by atoms with Gasteiger partial charge in [0.05, 0.1) is 4.34 Å². The van der Waals surface area contributed by atoms with Gasteiger partial charge in [-0.2, -0.15) is 0 Å². The number of alkyl halides is 1. The van der Waals surface area contributed by atoms with Crippen LogP contribution >= 0.6 is 34.5 Å². The molecule has 1 aliphatic rings. The molecule has 0 saturated heterocycles. The Hall–Kier alpha value is 0.190. The molecule has 1 aliphatic carbocycles. The second-order valence-corrected chi connectivity index (χ2v) is 8.10. The first kappa shape index (κ1) is 13.6. The predicted octanol–water partition coefficient (Wildman–Crippen LogP) is 3.09. The predicted molar refractivity (Wildman–Crippen MR) is 71.5 cm³/mol. The molecule has 1 saturated carbocycles. The van der Waals surface area contributed by atoms with Crippen molar-refractivity contribution in [3.05, 3.63) is 16.5 Å². The highest BCUT2D eigenvalue weighted by molar-refractivity contribution is 7.91. The van der Waals surface area contributed by atoms with E-state index in [1.54, 1.807) is 6.07 Å². The van der Waals surface area contributed by atoms with Gasteiger partial charge in [-0.05, 0) is 30.9 Å². The molecule has 2 rings (SSSR count). The topological polar surface area (TPSA) is 46.2 Å². The van der Waals surface area contributed by atoms with Crippen LogP contribution in [0, 0.1) is 5.92 Å². The summed E-state index contributed by atoms with van der Waals surface area (Å²) in [6.07, 6.45) is 2.87. The van der Waals surface area contributed by atoms with E-state index in [-0.39, 0.29) is 16.2 Å². The van der Waals surface area contributed by atoms with Gasteiger partial charge in [-0.1, -0.05) is 18.0 Å². The second kappa shape index (κ2) is 5.45. The fourth-order valence-electron chi connectivity index (χ4n) is 2.08. The van der Waals surface area contributed by atoms with Crippen molar-refractivity contribution in [2.75, 3.05) is 5.88 Å². The number of hydrogen-bond acceptors (Lipinski definition) is 3. The van der Waals surface area contributed by atoms with E-state index >= 15 is 0 Å². The largest absolute Gasteiger partial charge is 0.250 e. The normalized spacial score (nSPS) is 25.3. The minimum absolute atomic E-state index is 0.0432. The smallest absolute Gasteiger partial charge is 0.207 e. The van der Waals surface area contributed by atoms with Crippen LogP contribution in [0.15, 0.2) is 16.3 Å². The first-order valence-electron chi connectivity index (χ1n) is 5.36. The van der Waals surface area contributed by atoms with Gasteiger partial charge in [0.1, 0.15) is 4.21 Å². The zero-order valence-electron chi connectivity index (χ0n) is 9.03. The highest BCUT2D eigenvalue weighted by Gasteiger charge is 2.31. The van der Waals surface area contributed by atoms with E-state index in [2.05, 4.69) is 4.72 Å². The van der Waals surface area contributed by atoms with Crippen molar-refractivity contribution in [1.82, 2.24) is 4.72 Å². The van der Waals surface area contributed by atoms with Gasteiger partial charge in [-0.15, -0.1) is 22.9 Å². The molecule has 0 bridgehead atoms. The lowest BCUT2D eigenvalue weighted by Crippen LogP contribution is -2.37. The molecule has 7 heteroatoms. The lowest BCUT2D eigenvalue weighted by molar-refractivity contribution is 0.481. The SMILES string of the molecule is O=S(=O)(NC1CCCC1CCl)c1ccc(Cl)s1. The number of sulfonamides is 1. The molecule has 0 amide bonds. The minimum Gasteiger partial charge on any atom is -0.207 e. The van der Waals surface area contributed by atoms with Crippen molar-refractivity contribution in [2.24, 2.45) is 5.92 Å². The molecule has 0 aliphatic heterocycles. The van der Waals surface area contributed by atoms with Crippen LogP contribution in [0.1, 0.15) is 19.3 Å². The Bertz CT molecular complexity index is 486. The third-order valence-corrected chi connectivity index (χ3v) is 6.59. The van der Waals surface area contributed by atoms with E-state index in [9.17, 15) is 8.42 Å². The van der Waals surface area contributed by atoms with Crippen LogP contribution in [0.3, 0.4) is 0 Å². The molecule has 0 spiro atoms. The second-order valence-electron chi connectivity index (χ2n) is 4.13. The van der Waals surface area contributed by atoms with Gasteiger partial charge in [0.25, 0.3) is 0 Å². The summed E-state index contributed by atoms with van der Waals surface area (Å²) < 4.78 is 27.6. The fourth-order valence-corrected chi connectivity index (χ4v) is 5.28. The molecule has 2 atom stereocenters. The maximum Gasteiger partial charge on any atom is 0.250 e. The number of hydrogen-bond donors (Lipinski definition) is 1. The van der Waals surface area contributed by atoms with Crippen molar-refractivity contribution >= 4 is 44.6 Å². The van der Waals surface area contributed by atoms with Gasteiger partial charge in [0.2, 0.25) is 10.0 Å². The first-order valence-corrected chi connectivity index (χ1v) is 8.58. The molecule has 1 aromatic rings. The molecular weight excluding hydrogens is 301 g/mol. The average Bonchev–Trinajstić information content (AvgIpc) is 2.86. The molecule has 1 fully saturated rings. The van der Waals surface area contributed by atoms with Gasteiger partial charge in [0, 0.05) is 11.9 Å². The highest BCUT2D eigenvalue weighted by atomic mass is 35.5. The molecule has 0 aromatic carbocycles. The number of nitrogens with one attached hydrogen (secondary N) is 1. The molecule has 3 nitrogen and oxygen atoms in total. The van der Waals surface area contributed by atoms with Crippen LogP contribution in [0.2, 0.25) is 4.34 Å². The maximum absolute atomic E-state index is 12.1. The Morgan fingerprint density at radius 3 is 2.76 bits per heavy atom. The van der Waals surface area contributed by atoms with E-state index in [0.717, 1.165) is 30.6 Å². The van der Waals surface area contributed by atoms with Gasteiger partial charge >= 0.3 is 0 Å². The van der Waals surface area contributed by atoms with Crippen molar-refractivity contribution in [1.29, 1.82) is 0 Å². The van der Waals surface area contributed by atoms with Gasteiger partial charge in [-0.25, -0.2) is 13.1 Å². The third kappa shape index (κ3) is 3.15.